The fraction of sp³-hybridized carbons (Fsp3) is 0.375. The summed E-state index contributed by atoms with van der Waals surface area (Å²) in [5.74, 6) is 0.374. The summed E-state index contributed by atoms with van der Waals surface area (Å²) in [6, 6.07) is 9.22. The van der Waals surface area contributed by atoms with Gasteiger partial charge in [-0.2, -0.15) is 0 Å². The second-order valence-electron chi connectivity index (χ2n) is 4.64. The molecule has 1 heterocycles. The topological polar surface area (TPSA) is 21.3 Å². The maximum Gasteiger partial charge on any atom is 0.131 e. The van der Waals surface area contributed by atoms with Crippen LogP contribution in [-0.4, -0.2) is 13.2 Å². The molecular formula is C16H20FNOS. The summed E-state index contributed by atoms with van der Waals surface area (Å²) in [5.41, 5.74) is 0.678. The van der Waals surface area contributed by atoms with Gasteiger partial charge in [0.15, 0.2) is 0 Å². The molecule has 1 aromatic carbocycles. The molecule has 108 valence electrons. The highest BCUT2D eigenvalue weighted by atomic mass is 32.1. The molecule has 4 heteroatoms. The monoisotopic (exact) mass is 293 g/mol. The van der Waals surface area contributed by atoms with Gasteiger partial charge in [0, 0.05) is 29.0 Å². The van der Waals surface area contributed by atoms with Gasteiger partial charge in [0.25, 0.3) is 0 Å². The first-order valence-corrected chi connectivity index (χ1v) is 7.76. The third-order valence-corrected chi connectivity index (χ3v) is 4.08. The Morgan fingerprint density at radius 3 is 2.85 bits per heavy atom. The highest BCUT2D eigenvalue weighted by Crippen LogP contribution is 2.22. The van der Waals surface area contributed by atoms with Gasteiger partial charge < -0.3 is 10.1 Å². The van der Waals surface area contributed by atoms with E-state index in [1.165, 1.54) is 10.9 Å². The first kappa shape index (κ1) is 15.0. The second kappa shape index (κ2) is 7.41. The Morgan fingerprint density at radius 2 is 2.20 bits per heavy atom. The van der Waals surface area contributed by atoms with E-state index in [-0.39, 0.29) is 11.9 Å². The molecule has 0 saturated carbocycles. The number of thiophene rings is 1. The van der Waals surface area contributed by atoms with Crippen LogP contribution in [0.1, 0.15) is 30.3 Å². The zero-order valence-corrected chi connectivity index (χ0v) is 12.7. The molecule has 0 amide bonds. The fourth-order valence-electron chi connectivity index (χ4n) is 2.09. The van der Waals surface area contributed by atoms with Crippen LogP contribution < -0.4 is 10.1 Å². The van der Waals surface area contributed by atoms with Gasteiger partial charge in [0.1, 0.15) is 11.6 Å². The van der Waals surface area contributed by atoms with Gasteiger partial charge in [-0.15, -0.1) is 11.3 Å². The lowest BCUT2D eigenvalue weighted by Gasteiger charge is -2.14. The van der Waals surface area contributed by atoms with Crippen molar-refractivity contribution in [3.63, 3.8) is 0 Å². The third-order valence-electron chi connectivity index (χ3n) is 3.15. The van der Waals surface area contributed by atoms with Crippen molar-refractivity contribution in [1.29, 1.82) is 0 Å². The number of halogens is 1. The summed E-state index contributed by atoms with van der Waals surface area (Å²) in [4.78, 5) is 1.28. The molecule has 0 bridgehead atoms. The molecule has 0 radical (unpaired) electrons. The van der Waals surface area contributed by atoms with Crippen molar-refractivity contribution in [1.82, 2.24) is 5.32 Å². The average molecular weight is 293 g/mol. The van der Waals surface area contributed by atoms with Gasteiger partial charge in [0.2, 0.25) is 0 Å². The summed E-state index contributed by atoms with van der Waals surface area (Å²) in [6.45, 7) is 5.36. The second-order valence-corrected chi connectivity index (χ2v) is 5.67. The Bertz CT molecular complexity index is 527. The molecule has 0 spiro atoms. The van der Waals surface area contributed by atoms with Crippen LogP contribution in [0.25, 0.3) is 0 Å². The molecule has 2 nitrogen and oxygen atoms in total. The minimum absolute atomic E-state index is 0.0140. The molecule has 1 N–H and O–H groups in total. The van der Waals surface area contributed by atoms with Crippen LogP contribution in [0, 0.1) is 5.82 Å². The van der Waals surface area contributed by atoms with Gasteiger partial charge in [-0.25, -0.2) is 4.39 Å². The third kappa shape index (κ3) is 4.05. The molecule has 0 fully saturated rings. The van der Waals surface area contributed by atoms with Crippen LogP contribution in [0.3, 0.4) is 0 Å². The van der Waals surface area contributed by atoms with E-state index in [0.717, 1.165) is 13.0 Å². The van der Waals surface area contributed by atoms with Crippen molar-refractivity contribution in [3.8, 4) is 5.75 Å². The van der Waals surface area contributed by atoms with Crippen LogP contribution in [0.4, 0.5) is 4.39 Å². The van der Waals surface area contributed by atoms with E-state index in [1.807, 2.05) is 31.4 Å². The van der Waals surface area contributed by atoms with Crippen LogP contribution in [0.2, 0.25) is 0 Å². The summed E-state index contributed by atoms with van der Waals surface area (Å²) in [5, 5.41) is 5.25. The predicted octanol–water partition coefficient (Wildman–Crippen LogP) is 4.18. The number of nitrogens with one attached hydrogen (secondary N) is 1. The van der Waals surface area contributed by atoms with Crippen molar-refractivity contribution in [2.45, 2.75) is 26.3 Å². The number of ether oxygens (including phenoxy) is 1. The molecule has 0 aliphatic carbocycles. The van der Waals surface area contributed by atoms with Gasteiger partial charge in [0.05, 0.1) is 6.61 Å². The molecule has 0 aliphatic rings. The van der Waals surface area contributed by atoms with Crippen molar-refractivity contribution < 1.29 is 9.13 Å². The molecule has 0 saturated heterocycles. The molecule has 1 aromatic heterocycles. The van der Waals surface area contributed by atoms with Gasteiger partial charge in [-0.1, -0.05) is 19.1 Å². The molecular weight excluding hydrogens is 273 g/mol. The minimum atomic E-state index is -0.216. The molecule has 0 aliphatic heterocycles. The van der Waals surface area contributed by atoms with E-state index in [2.05, 4.69) is 11.4 Å². The Morgan fingerprint density at radius 1 is 1.35 bits per heavy atom. The van der Waals surface area contributed by atoms with Crippen LogP contribution >= 0.6 is 11.3 Å². The van der Waals surface area contributed by atoms with Crippen molar-refractivity contribution in [2.75, 3.05) is 13.2 Å². The maximum atomic E-state index is 14.0. The van der Waals surface area contributed by atoms with Crippen molar-refractivity contribution >= 4 is 11.3 Å². The highest BCUT2D eigenvalue weighted by Gasteiger charge is 2.10. The quantitative estimate of drug-likeness (QED) is 0.827. The minimum Gasteiger partial charge on any atom is -0.493 e. The lowest BCUT2D eigenvalue weighted by molar-refractivity contribution is 0.320. The Balaban J connectivity index is 1.91. The Kier molecular flexibility index (Phi) is 5.56. The van der Waals surface area contributed by atoms with Crippen LogP contribution in [0.5, 0.6) is 5.75 Å². The van der Waals surface area contributed by atoms with Crippen molar-refractivity contribution in [2.24, 2.45) is 0 Å². The van der Waals surface area contributed by atoms with Gasteiger partial charge >= 0.3 is 0 Å². The molecule has 2 rings (SSSR count). The van der Waals surface area contributed by atoms with Gasteiger partial charge in [-0.05, 0) is 31.0 Å². The number of benzene rings is 1. The maximum absolute atomic E-state index is 14.0. The zero-order chi connectivity index (χ0) is 14.4. The van der Waals surface area contributed by atoms with E-state index < -0.39 is 0 Å². The molecule has 2 aromatic rings. The highest BCUT2D eigenvalue weighted by molar-refractivity contribution is 7.09. The summed E-state index contributed by atoms with van der Waals surface area (Å²) < 4.78 is 19.6. The number of hydrogen-bond donors (Lipinski definition) is 1. The molecule has 20 heavy (non-hydrogen) atoms. The summed E-state index contributed by atoms with van der Waals surface area (Å²) in [7, 11) is 0. The normalized spacial score (nSPS) is 12.3. The van der Waals surface area contributed by atoms with Crippen LogP contribution in [0.15, 0.2) is 35.7 Å². The fourth-order valence-corrected chi connectivity index (χ4v) is 2.78. The lowest BCUT2D eigenvalue weighted by Crippen LogP contribution is -2.18. The summed E-state index contributed by atoms with van der Waals surface area (Å²) >= 11 is 1.71. The zero-order valence-electron chi connectivity index (χ0n) is 11.9. The van der Waals surface area contributed by atoms with Crippen LogP contribution in [-0.2, 0) is 6.42 Å². The lowest BCUT2D eigenvalue weighted by atomic mass is 10.1. The largest absolute Gasteiger partial charge is 0.493 e. The Hall–Kier alpha value is -1.39. The first-order chi connectivity index (χ1) is 9.70. The number of hydrogen-bond acceptors (Lipinski definition) is 3. The number of rotatable bonds is 7. The van der Waals surface area contributed by atoms with E-state index >= 15 is 0 Å². The van der Waals surface area contributed by atoms with E-state index in [9.17, 15) is 4.39 Å². The van der Waals surface area contributed by atoms with Crippen molar-refractivity contribution in [3.05, 3.63) is 52.0 Å². The van der Waals surface area contributed by atoms with Gasteiger partial charge in [-0.3, -0.25) is 0 Å². The standard InChI is InChI=1S/C16H20FNOS/c1-3-18-12(2)15-7-6-13(11-16(15)17)19-9-8-14-5-4-10-20-14/h4-7,10-12,18H,3,8-9H2,1-2H3. The predicted molar refractivity (Wildman–Crippen MR) is 82.0 cm³/mol. The first-order valence-electron chi connectivity index (χ1n) is 6.88. The molecule has 1 atom stereocenters. The average Bonchev–Trinajstić information content (AvgIpc) is 2.92. The smallest absolute Gasteiger partial charge is 0.131 e. The summed E-state index contributed by atoms with van der Waals surface area (Å²) in [6.07, 6.45) is 0.856. The SMILES string of the molecule is CCNC(C)c1ccc(OCCc2cccs2)cc1F. The van der Waals surface area contributed by atoms with E-state index in [4.69, 9.17) is 4.74 Å². The van der Waals surface area contributed by atoms with E-state index in [0.29, 0.717) is 17.9 Å². The Labute approximate surface area is 123 Å². The van der Waals surface area contributed by atoms with E-state index in [1.54, 1.807) is 17.4 Å². The molecule has 1 unspecified atom stereocenters.